The normalized spacial score (nSPS) is 21.1. The maximum absolute atomic E-state index is 11.7. The molecule has 1 saturated heterocycles. The van der Waals surface area contributed by atoms with Crippen LogP contribution < -0.4 is 11.1 Å². The van der Waals surface area contributed by atoms with Crippen molar-refractivity contribution < 1.29 is 14.4 Å². The van der Waals surface area contributed by atoms with E-state index in [0.29, 0.717) is 12.8 Å². The van der Waals surface area contributed by atoms with Crippen molar-refractivity contribution in [1.82, 2.24) is 10.2 Å². The van der Waals surface area contributed by atoms with Crippen LogP contribution in [0.2, 0.25) is 0 Å². The van der Waals surface area contributed by atoms with Crippen LogP contribution in [0.3, 0.4) is 0 Å². The molecule has 0 aromatic heterocycles. The van der Waals surface area contributed by atoms with Crippen molar-refractivity contribution in [3.8, 4) is 0 Å². The molecule has 0 spiro atoms. The number of likely N-dealkylation sites (N-methyl/N-ethyl adjacent to an activating group) is 1. The standard InChI is InChI=1S/C12H21N3O3/c1-12(2,13)7-6-9(16)14-8-4-5-10(17)15(3)11(8)18/h8H,4-7,13H2,1-3H3,(H,14,16). The molecule has 1 unspecified atom stereocenters. The highest BCUT2D eigenvalue weighted by atomic mass is 16.2. The van der Waals surface area contributed by atoms with E-state index in [0.717, 1.165) is 4.90 Å². The number of imide groups is 1. The lowest BCUT2D eigenvalue weighted by atomic mass is 9.99. The minimum absolute atomic E-state index is 0.199. The molecule has 6 heteroatoms. The van der Waals surface area contributed by atoms with E-state index < -0.39 is 11.6 Å². The highest BCUT2D eigenvalue weighted by molar-refractivity contribution is 6.01. The molecule has 102 valence electrons. The van der Waals surface area contributed by atoms with Gasteiger partial charge in [0, 0.05) is 25.4 Å². The molecule has 0 aromatic carbocycles. The van der Waals surface area contributed by atoms with Crippen molar-refractivity contribution in [1.29, 1.82) is 0 Å². The first-order valence-electron chi connectivity index (χ1n) is 6.09. The summed E-state index contributed by atoms with van der Waals surface area (Å²) in [5.41, 5.74) is 5.38. The first-order valence-corrected chi connectivity index (χ1v) is 6.09. The van der Waals surface area contributed by atoms with Crippen molar-refractivity contribution in [2.24, 2.45) is 5.73 Å². The van der Waals surface area contributed by atoms with Crippen LogP contribution >= 0.6 is 0 Å². The summed E-state index contributed by atoms with van der Waals surface area (Å²) >= 11 is 0. The zero-order chi connectivity index (χ0) is 13.9. The molecule has 0 radical (unpaired) electrons. The average molecular weight is 255 g/mol. The van der Waals surface area contributed by atoms with Crippen LogP contribution in [0.4, 0.5) is 0 Å². The molecule has 0 saturated carbocycles. The van der Waals surface area contributed by atoms with Gasteiger partial charge >= 0.3 is 0 Å². The summed E-state index contributed by atoms with van der Waals surface area (Å²) in [5, 5.41) is 2.65. The van der Waals surface area contributed by atoms with Gasteiger partial charge < -0.3 is 11.1 Å². The first-order chi connectivity index (χ1) is 8.20. The fourth-order valence-corrected chi connectivity index (χ4v) is 1.75. The summed E-state index contributed by atoms with van der Waals surface area (Å²) in [6.45, 7) is 3.69. The Morgan fingerprint density at radius 1 is 1.50 bits per heavy atom. The van der Waals surface area contributed by atoms with E-state index in [1.165, 1.54) is 7.05 Å². The zero-order valence-corrected chi connectivity index (χ0v) is 11.2. The van der Waals surface area contributed by atoms with Crippen LogP contribution in [0, 0.1) is 0 Å². The van der Waals surface area contributed by atoms with Gasteiger partial charge in [0.25, 0.3) is 5.91 Å². The van der Waals surface area contributed by atoms with Crippen molar-refractivity contribution in [2.75, 3.05) is 7.05 Å². The van der Waals surface area contributed by atoms with Gasteiger partial charge in [-0.15, -0.1) is 0 Å². The van der Waals surface area contributed by atoms with E-state index in [9.17, 15) is 14.4 Å². The van der Waals surface area contributed by atoms with Crippen LogP contribution in [-0.4, -0.2) is 41.2 Å². The molecule has 0 aromatic rings. The number of amides is 3. The van der Waals surface area contributed by atoms with Crippen LogP contribution in [0.15, 0.2) is 0 Å². The number of likely N-dealkylation sites (tertiary alicyclic amines) is 1. The number of piperidine rings is 1. The number of hydrogen-bond acceptors (Lipinski definition) is 4. The third-order valence-corrected chi connectivity index (χ3v) is 2.98. The molecule has 1 aliphatic rings. The van der Waals surface area contributed by atoms with Gasteiger partial charge in [0.1, 0.15) is 6.04 Å². The van der Waals surface area contributed by atoms with Gasteiger partial charge in [-0.1, -0.05) is 0 Å². The van der Waals surface area contributed by atoms with Gasteiger partial charge in [-0.25, -0.2) is 0 Å². The Balaban J connectivity index is 2.45. The Morgan fingerprint density at radius 3 is 2.67 bits per heavy atom. The Bertz CT molecular complexity index is 360. The quantitative estimate of drug-likeness (QED) is 0.678. The van der Waals surface area contributed by atoms with Gasteiger partial charge in [0.05, 0.1) is 0 Å². The van der Waals surface area contributed by atoms with E-state index in [2.05, 4.69) is 5.32 Å². The topological polar surface area (TPSA) is 92.5 Å². The summed E-state index contributed by atoms with van der Waals surface area (Å²) < 4.78 is 0. The average Bonchev–Trinajstić information content (AvgIpc) is 2.26. The summed E-state index contributed by atoms with van der Waals surface area (Å²) in [5.74, 6) is -0.741. The molecule has 3 N–H and O–H groups in total. The van der Waals surface area contributed by atoms with Crippen LogP contribution in [0.5, 0.6) is 0 Å². The fourth-order valence-electron chi connectivity index (χ4n) is 1.75. The van der Waals surface area contributed by atoms with E-state index >= 15 is 0 Å². The SMILES string of the molecule is CN1C(=O)CCC(NC(=O)CCC(C)(C)N)C1=O. The van der Waals surface area contributed by atoms with Crippen molar-refractivity contribution in [3.63, 3.8) is 0 Å². The second-order valence-electron chi connectivity index (χ2n) is 5.44. The van der Waals surface area contributed by atoms with E-state index in [1.54, 1.807) is 0 Å². The Hall–Kier alpha value is -1.43. The van der Waals surface area contributed by atoms with Gasteiger partial charge in [-0.05, 0) is 26.7 Å². The number of nitrogens with two attached hydrogens (primary N) is 1. The predicted octanol–water partition coefficient (Wildman–Crippen LogP) is -0.232. The maximum Gasteiger partial charge on any atom is 0.251 e. The Morgan fingerprint density at radius 2 is 2.11 bits per heavy atom. The lowest BCUT2D eigenvalue weighted by molar-refractivity contribution is -0.149. The predicted molar refractivity (Wildman–Crippen MR) is 66.4 cm³/mol. The summed E-state index contributed by atoms with van der Waals surface area (Å²) in [4.78, 5) is 35.7. The number of nitrogens with zero attached hydrogens (tertiary/aromatic N) is 1. The molecule has 3 amide bonds. The number of nitrogens with one attached hydrogen (secondary N) is 1. The fraction of sp³-hybridized carbons (Fsp3) is 0.750. The zero-order valence-electron chi connectivity index (χ0n) is 11.2. The van der Waals surface area contributed by atoms with Gasteiger partial charge in [-0.2, -0.15) is 0 Å². The van der Waals surface area contributed by atoms with Crippen molar-refractivity contribution in [2.45, 2.75) is 51.1 Å². The van der Waals surface area contributed by atoms with E-state index in [4.69, 9.17) is 5.73 Å². The number of hydrogen-bond donors (Lipinski definition) is 2. The summed E-state index contributed by atoms with van der Waals surface area (Å²) in [7, 11) is 1.44. The molecule has 1 fully saturated rings. The molecule has 1 heterocycles. The highest BCUT2D eigenvalue weighted by Crippen LogP contribution is 2.12. The van der Waals surface area contributed by atoms with Crippen LogP contribution in [0.25, 0.3) is 0 Å². The summed E-state index contributed by atoms with van der Waals surface area (Å²) in [6.07, 6.45) is 1.49. The van der Waals surface area contributed by atoms with Gasteiger partial charge in [0.2, 0.25) is 11.8 Å². The third-order valence-electron chi connectivity index (χ3n) is 2.98. The van der Waals surface area contributed by atoms with E-state index in [-0.39, 0.29) is 30.6 Å². The van der Waals surface area contributed by atoms with E-state index in [1.807, 2.05) is 13.8 Å². The molecule has 6 nitrogen and oxygen atoms in total. The molecule has 1 rings (SSSR count). The lowest BCUT2D eigenvalue weighted by Gasteiger charge is -2.28. The largest absolute Gasteiger partial charge is 0.344 e. The van der Waals surface area contributed by atoms with Gasteiger partial charge in [0.15, 0.2) is 0 Å². The van der Waals surface area contributed by atoms with Crippen LogP contribution in [0.1, 0.15) is 39.5 Å². The monoisotopic (exact) mass is 255 g/mol. The molecule has 0 bridgehead atoms. The van der Waals surface area contributed by atoms with Crippen molar-refractivity contribution >= 4 is 17.7 Å². The second kappa shape index (κ2) is 5.48. The molecular formula is C12H21N3O3. The van der Waals surface area contributed by atoms with Gasteiger partial charge in [-0.3, -0.25) is 19.3 Å². The molecule has 0 aliphatic carbocycles. The minimum atomic E-state index is -0.582. The summed E-state index contributed by atoms with van der Waals surface area (Å²) in [6, 6.07) is -0.582. The molecule has 1 aliphatic heterocycles. The maximum atomic E-state index is 11.7. The molecular weight excluding hydrogens is 234 g/mol. The number of carbonyl (C=O) groups is 3. The molecule has 18 heavy (non-hydrogen) atoms. The number of rotatable bonds is 4. The molecule has 1 atom stereocenters. The Kier molecular flexibility index (Phi) is 4.45. The van der Waals surface area contributed by atoms with Crippen LogP contribution in [-0.2, 0) is 14.4 Å². The minimum Gasteiger partial charge on any atom is -0.344 e. The number of carbonyl (C=O) groups excluding carboxylic acids is 3. The Labute approximate surface area is 107 Å². The third kappa shape index (κ3) is 4.10. The highest BCUT2D eigenvalue weighted by Gasteiger charge is 2.32. The second-order valence-corrected chi connectivity index (χ2v) is 5.44. The lowest BCUT2D eigenvalue weighted by Crippen LogP contribution is -2.53. The smallest absolute Gasteiger partial charge is 0.251 e. The van der Waals surface area contributed by atoms with Crippen molar-refractivity contribution in [3.05, 3.63) is 0 Å². The first kappa shape index (κ1) is 14.6.